The minimum Gasteiger partial charge on any atom is -0.369 e. The maximum Gasteiger partial charge on any atom is 0.262 e. The average molecular weight is 211 g/mol. The molecule has 74 valence electrons. The number of anilines is 1. The molecule has 0 radical (unpaired) electrons. The summed E-state index contributed by atoms with van der Waals surface area (Å²) >= 11 is 4.05. The Labute approximate surface area is 84.1 Å². The minimum atomic E-state index is -0.518. The van der Waals surface area contributed by atoms with E-state index in [4.69, 9.17) is 11.5 Å². The summed E-state index contributed by atoms with van der Waals surface area (Å²) in [6.07, 6.45) is 1.60. The Bertz CT molecular complexity index is 528. The van der Waals surface area contributed by atoms with Crippen LogP contribution < -0.4 is 17.0 Å². The first-order valence-corrected chi connectivity index (χ1v) is 4.41. The highest BCUT2D eigenvalue weighted by Gasteiger charge is 2.12. The van der Waals surface area contributed by atoms with Gasteiger partial charge in [0.05, 0.1) is 10.8 Å². The third-order valence-electron chi connectivity index (χ3n) is 1.91. The van der Waals surface area contributed by atoms with E-state index < -0.39 is 5.37 Å². The highest BCUT2D eigenvalue weighted by atomic mass is 32.1. The maximum atomic E-state index is 11.5. The van der Waals surface area contributed by atoms with E-state index in [1.807, 2.05) is 0 Å². The van der Waals surface area contributed by atoms with Crippen LogP contribution in [0, 0.1) is 0 Å². The summed E-state index contributed by atoms with van der Waals surface area (Å²) in [7, 11) is 0. The molecule has 0 aliphatic rings. The standard InChI is InChI=1S/C7H9N5OS/c8-4(14)2-1-10-5-3(2)6(13)12-7(9)11-5/h1,4,14H,8H2,(H4,9,10,11,12,13)/t4-/m1/s1. The molecule has 1 atom stereocenters. The normalized spacial score (nSPS) is 13.3. The van der Waals surface area contributed by atoms with Crippen LogP contribution in [0.1, 0.15) is 10.9 Å². The van der Waals surface area contributed by atoms with Crippen molar-refractivity contribution in [3.05, 3.63) is 22.1 Å². The number of aromatic amines is 2. The number of hydrogen-bond acceptors (Lipinski definition) is 5. The van der Waals surface area contributed by atoms with Crippen LogP contribution in [0.2, 0.25) is 0 Å². The van der Waals surface area contributed by atoms with Gasteiger partial charge in [-0.05, 0) is 0 Å². The van der Waals surface area contributed by atoms with E-state index in [2.05, 4.69) is 27.6 Å². The molecule has 0 unspecified atom stereocenters. The van der Waals surface area contributed by atoms with Gasteiger partial charge in [-0.1, -0.05) is 0 Å². The SMILES string of the molecule is Nc1nc2[nH]cc([C@H](N)S)c2c(=O)[nH]1. The van der Waals surface area contributed by atoms with Gasteiger partial charge in [-0.2, -0.15) is 17.6 Å². The van der Waals surface area contributed by atoms with Gasteiger partial charge in [-0.15, -0.1) is 0 Å². The van der Waals surface area contributed by atoms with Crippen LogP contribution in [0.5, 0.6) is 0 Å². The van der Waals surface area contributed by atoms with Gasteiger partial charge in [-0.25, -0.2) is 0 Å². The molecular weight excluding hydrogens is 202 g/mol. The number of fused-ring (bicyclic) bond motifs is 1. The van der Waals surface area contributed by atoms with E-state index in [0.29, 0.717) is 16.6 Å². The molecule has 0 saturated heterocycles. The Hall–Kier alpha value is -1.47. The Balaban J connectivity index is 2.86. The van der Waals surface area contributed by atoms with Gasteiger partial charge in [0.15, 0.2) is 0 Å². The third kappa shape index (κ3) is 1.26. The molecule has 0 amide bonds. The molecule has 0 aromatic carbocycles. The number of aromatic nitrogens is 3. The first-order valence-electron chi connectivity index (χ1n) is 3.90. The van der Waals surface area contributed by atoms with E-state index >= 15 is 0 Å². The predicted molar refractivity (Wildman–Crippen MR) is 57.0 cm³/mol. The second-order valence-electron chi connectivity index (χ2n) is 2.86. The largest absolute Gasteiger partial charge is 0.369 e. The Morgan fingerprint density at radius 3 is 2.93 bits per heavy atom. The molecule has 2 rings (SSSR count). The number of nitrogens with two attached hydrogens (primary N) is 2. The monoisotopic (exact) mass is 211 g/mol. The minimum absolute atomic E-state index is 0.0728. The second kappa shape index (κ2) is 3.03. The Morgan fingerprint density at radius 2 is 2.29 bits per heavy atom. The molecule has 0 saturated carbocycles. The number of nitrogens with zero attached hydrogens (tertiary/aromatic N) is 1. The van der Waals surface area contributed by atoms with Crippen molar-refractivity contribution in [2.75, 3.05) is 5.73 Å². The van der Waals surface area contributed by atoms with E-state index in [0.717, 1.165) is 0 Å². The lowest BCUT2D eigenvalue weighted by atomic mass is 10.2. The predicted octanol–water partition coefficient (Wildman–Crippen LogP) is -0.280. The van der Waals surface area contributed by atoms with Gasteiger partial charge in [0.1, 0.15) is 5.65 Å². The summed E-state index contributed by atoms with van der Waals surface area (Å²) < 4.78 is 0. The highest BCUT2D eigenvalue weighted by molar-refractivity contribution is 7.80. The quantitative estimate of drug-likeness (QED) is 0.330. The lowest BCUT2D eigenvalue weighted by Crippen LogP contribution is -2.13. The highest BCUT2D eigenvalue weighted by Crippen LogP contribution is 2.20. The lowest BCUT2D eigenvalue weighted by Gasteiger charge is -2.00. The maximum absolute atomic E-state index is 11.5. The summed E-state index contributed by atoms with van der Waals surface area (Å²) in [4.78, 5) is 20.6. The molecule has 2 aromatic heterocycles. The summed E-state index contributed by atoms with van der Waals surface area (Å²) in [6.45, 7) is 0. The molecular formula is C7H9N5OS. The molecule has 2 aromatic rings. The fourth-order valence-electron chi connectivity index (χ4n) is 1.31. The van der Waals surface area contributed by atoms with Gasteiger partial charge < -0.3 is 16.5 Å². The molecule has 6 N–H and O–H groups in total. The Kier molecular flexibility index (Phi) is 1.97. The zero-order valence-corrected chi connectivity index (χ0v) is 8.01. The fraction of sp³-hybridized carbons (Fsp3) is 0.143. The molecule has 0 fully saturated rings. The third-order valence-corrected chi connectivity index (χ3v) is 2.19. The smallest absolute Gasteiger partial charge is 0.262 e. The van der Waals surface area contributed by atoms with Crippen molar-refractivity contribution >= 4 is 29.6 Å². The van der Waals surface area contributed by atoms with Gasteiger partial charge in [0.2, 0.25) is 5.95 Å². The number of hydrogen-bond donors (Lipinski definition) is 5. The zero-order valence-electron chi connectivity index (χ0n) is 7.11. The average Bonchev–Trinajstić information content (AvgIpc) is 2.47. The zero-order chi connectivity index (χ0) is 10.3. The van der Waals surface area contributed by atoms with Crippen LogP contribution >= 0.6 is 12.6 Å². The molecule has 7 heteroatoms. The molecule has 6 nitrogen and oxygen atoms in total. The second-order valence-corrected chi connectivity index (χ2v) is 3.42. The van der Waals surface area contributed by atoms with Crippen molar-refractivity contribution < 1.29 is 0 Å². The number of nitrogen functional groups attached to an aromatic ring is 1. The van der Waals surface area contributed by atoms with Crippen molar-refractivity contribution in [3.8, 4) is 0 Å². The van der Waals surface area contributed by atoms with Crippen molar-refractivity contribution in [2.24, 2.45) is 5.73 Å². The van der Waals surface area contributed by atoms with Crippen molar-refractivity contribution in [1.29, 1.82) is 0 Å². The molecule has 0 spiro atoms. The van der Waals surface area contributed by atoms with E-state index in [-0.39, 0.29) is 11.5 Å². The van der Waals surface area contributed by atoms with Crippen molar-refractivity contribution in [3.63, 3.8) is 0 Å². The van der Waals surface area contributed by atoms with Crippen LogP contribution in [0.4, 0.5) is 5.95 Å². The number of nitrogens with one attached hydrogen (secondary N) is 2. The molecule has 0 aliphatic heterocycles. The summed E-state index contributed by atoms with van der Waals surface area (Å²) in [5, 5.41) is -0.114. The van der Waals surface area contributed by atoms with E-state index in [1.54, 1.807) is 6.20 Å². The van der Waals surface area contributed by atoms with Gasteiger partial charge in [0.25, 0.3) is 5.56 Å². The summed E-state index contributed by atoms with van der Waals surface area (Å²) in [5.41, 5.74) is 11.7. The lowest BCUT2D eigenvalue weighted by molar-refractivity contribution is 1.05. The van der Waals surface area contributed by atoms with Crippen LogP contribution in [0.15, 0.2) is 11.0 Å². The summed E-state index contributed by atoms with van der Waals surface area (Å²) in [6, 6.07) is 0. The van der Waals surface area contributed by atoms with Crippen LogP contribution in [0.25, 0.3) is 11.0 Å². The first kappa shape index (κ1) is 9.10. The fourth-order valence-corrected chi connectivity index (χ4v) is 1.52. The Morgan fingerprint density at radius 1 is 1.57 bits per heavy atom. The van der Waals surface area contributed by atoms with Crippen LogP contribution in [-0.2, 0) is 0 Å². The number of thiol groups is 1. The van der Waals surface area contributed by atoms with Crippen molar-refractivity contribution in [1.82, 2.24) is 15.0 Å². The van der Waals surface area contributed by atoms with Crippen LogP contribution in [0.3, 0.4) is 0 Å². The molecule has 14 heavy (non-hydrogen) atoms. The number of H-pyrrole nitrogens is 2. The number of rotatable bonds is 1. The van der Waals surface area contributed by atoms with E-state index in [1.165, 1.54) is 0 Å². The first-order chi connectivity index (χ1) is 6.59. The van der Waals surface area contributed by atoms with Gasteiger partial charge in [0, 0.05) is 11.8 Å². The van der Waals surface area contributed by atoms with Crippen LogP contribution in [-0.4, -0.2) is 15.0 Å². The molecule has 0 bridgehead atoms. The van der Waals surface area contributed by atoms with Gasteiger partial charge >= 0.3 is 0 Å². The van der Waals surface area contributed by atoms with E-state index in [9.17, 15) is 4.79 Å². The topological polar surface area (TPSA) is 114 Å². The van der Waals surface area contributed by atoms with Crippen molar-refractivity contribution in [2.45, 2.75) is 5.37 Å². The summed E-state index contributed by atoms with van der Waals surface area (Å²) in [5.74, 6) is 0.0728. The molecule has 0 aliphatic carbocycles. The molecule has 2 heterocycles. The van der Waals surface area contributed by atoms with Gasteiger partial charge in [-0.3, -0.25) is 9.78 Å².